The first kappa shape index (κ1) is 20.8. The van der Waals surface area contributed by atoms with Gasteiger partial charge in [-0.05, 0) is 24.8 Å². The minimum atomic E-state index is -4.21. The summed E-state index contributed by atoms with van der Waals surface area (Å²) in [5.41, 5.74) is 6.53. The highest BCUT2D eigenvalue weighted by molar-refractivity contribution is 5.85. The standard InChI is InChI=1S/C17H23F3N2O.ClH/c18-17(19,20)15-8-4-7-14(11-15)16(23)22(10-9-21)12-13-5-2-1-3-6-13;/h1-3,5-6,14-15H,4,7-12,21H2;1H. The summed E-state index contributed by atoms with van der Waals surface area (Å²) in [6.45, 7) is 1.05. The van der Waals surface area contributed by atoms with Crippen molar-refractivity contribution < 1.29 is 18.0 Å². The summed E-state index contributed by atoms with van der Waals surface area (Å²) in [5, 5.41) is 0. The second kappa shape index (κ2) is 9.28. The van der Waals surface area contributed by atoms with Crippen LogP contribution in [0.5, 0.6) is 0 Å². The largest absolute Gasteiger partial charge is 0.391 e. The first-order valence-electron chi connectivity index (χ1n) is 8.01. The summed E-state index contributed by atoms with van der Waals surface area (Å²) in [5.74, 6) is -2.11. The lowest BCUT2D eigenvalue weighted by Crippen LogP contribution is -2.42. The number of alkyl halides is 3. The molecule has 0 heterocycles. The van der Waals surface area contributed by atoms with Crippen molar-refractivity contribution in [3.05, 3.63) is 35.9 Å². The Morgan fingerprint density at radius 2 is 1.88 bits per heavy atom. The monoisotopic (exact) mass is 364 g/mol. The zero-order valence-corrected chi connectivity index (χ0v) is 14.3. The maximum atomic E-state index is 12.9. The van der Waals surface area contributed by atoms with Crippen LogP contribution in [0.4, 0.5) is 13.2 Å². The van der Waals surface area contributed by atoms with E-state index in [-0.39, 0.29) is 31.2 Å². The van der Waals surface area contributed by atoms with Crippen LogP contribution in [0, 0.1) is 11.8 Å². The van der Waals surface area contributed by atoms with Gasteiger partial charge in [0, 0.05) is 25.6 Å². The van der Waals surface area contributed by atoms with E-state index in [4.69, 9.17) is 5.73 Å². The van der Waals surface area contributed by atoms with Crippen molar-refractivity contribution in [1.82, 2.24) is 4.90 Å². The lowest BCUT2D eigenvalue weighted by molar-refractivity contribution is -0.187. The fourth-order valence-corrected chi connectivity index (χ4v) is 3.20. The SMILES string of the molecule is Cl.NCCN(Cc1ccccc1)C(=O)C1CCCC(C(F)(F)F)C1. The molecule has 24 heavy (non-hydrogen) atoms. The van der Waals surface area contributed by atoms with Gasteiger partial charge in [-0.15, -0.1) is 12.4 Å². The van der Waals surface area contributed by atoms with Gasteiger partial charge in [0.2, 0.25) is 5.91 Å². The molecular formula is C17H24ClF3N2O. The van der Waals surface area contributed by atoms with Gasteiger partial charge < -0.3 is 10.6 Å². The summed E-state index contributed by atoms with van der Waals surface area (Å²) < 4.78 is 38.8. The molecule has 0 aromatic heterocycles. The van der Waals surface area contributed by atoms with Crippen LogP contribution in [-0.4, -0.2) is 30.1 Å². The number of nitrogens with two attached hydrogens (primary N) is 1. The van der Waals surface area contributed by atoms with E-state index in [0.717, 1.165) is 5.56 Å². The van der Waals surface area contributed by atoms with Crippen LogP contribution in [0.25, 0.3) is 0 Å². The quantitative estimate of drug-likeness (QED) is 0.864. The highest BCUT2D eigenvalue weighted by atomic mass is 35.5. The highest BCUT2D eigenvalue weighted by Crippen LogP contribution is 2.40. The molecule has 1 aliphatic carbocycles. The van der Waals surface area contributed by atoms with E-state index < -0.39 is 18.0 Å². The van der Waals surface area contributed by atoms with Crippen LogP contribution in [0.2, 0.25) is 0 Å². The van der Waals surface area contributed by atoms with Crippen LogP contribution in [0.1, 0.15) is 31.2 Å². The van der Waals surface area contributed by atoms with Gasteiger partial charge in [-0.1, -0.05) is 36.8 Å². The second-order valence-corrected chi connectivity index (χ2v) is 6.14. The topological polar surface area (TPSA) is 46.3 Å². The highest BCUT2D eigenvalue weighted by Gasteiger charge is 2.44. The summed E-state index contributed by atoms with van der Waals surface area (Å²) in [6.07, 6.45) is -3.21. The fourth-order valence-electron chi connectivity index (χ4n) is 3.20. The number of carbonyl (C=O) groups is 1. The Hall–Kier alpha value is -1.27. The van der Waals surface area contributed by atoms with Crippen molar-refractivity contribution in [1.29, 1.82) is 0 Å². The Bertz CT molecular complexity index is 510. The van der Waals surface area contributed by atoms with Gasteiger partial charge in [0.25, 0.3) is 0 Å². The molecule has 0 aliphatic heterocycles. The molecule has 1 aliphatic rings. The average molecular weight is 365 g/mol. The number of halogens is 4. The van der Waals surface area contributed by atoms with Crippen molar-refractivity contribution in [2.45, 2.75) is 38.4 Å². The molecule has 1 amide bonds. The van der Waals surface area contributed by atoms with Crippen LogP contribution in [0.3, 0.4) is 0 Å². The van der Waals surface area contributed by atoms with Crippen molar-refractivity contribution in [2.24, 2.45) is 17.6 Å². The minimum absolute atomic E-state index is 0. The molecule has 7 heteroatoms. The van der Waals surface area contributed by atoms with Crippen molar-refractivity contribution in [3.63, 3.8) is 0 Å². The molecule has 0 spiro atoms. The molecule has 2 N–H and O–H groups in total. The summed E-state index contributed by atoms with van der Waals surface area (Å²) in [4.78, 5) is 14.3. The average Bonchev–Trinajstić information content (AvgIpc) is 2.54. The van der Waals surface area contributed by atoms with Crippen LogP contribution >= 0.6 is 12.4 Å². The molecule has 136 valence electrons. The Morgan fingerprint density at radius 3 is 2.46 bits per heavy atom. The number of nitrogens with zero attached hydrogens (tertiary/aromatic N) is 1. The zero-order valence-electron chi connectivity index (χ0n) is 13.5. The Balaban J connectivity index is 0.00000288. The minimum Gasteiger partial charge on any atom is -0.337 e. The predicted octanol–water partition coefficient (Wildman–Crippen LogP) is 3.76. The lowest BCUT2D eigenvalue weighted by atomic mass is 9.80. The van der Waals surface area contributed by atoms with Gasteiger partial charge in [-0.2, -0.15) is 13.2 Å². The molecule has 0 radical (unpaired) electrons. The second-order valence-electron chi connectivity index (χ2n) is 6.14. The molecule has 2 atom stereocenters. The number of amides is 1. The van der Waals surface area contributed by atoms with E-state index in [1.165, 1.54) is 0 Å². The van der Waals surface area contributed by atoms with Crippen molar-refractivity contribution in [2.75, 3.05) is 13.1 Å². The predicted molar refractivity (Wildman–Crippen MR) is 89.7 cm³/mol. The van der Waals surface area contributed by atoms with Gasteiger partial charge in [0.05, 0.1) is 5.92 Å². The molecule has 1 fully saturated rings. The van der Waals surface area contributed by atoms with Crippen molar-refractivity contribution >= 4 is 18.3 Å². The molecule has 1 aromatic carbocycles. The maximum Gasteiger partial charge on any atom is 0.391 e. The number of hydrogen-bond donors (Lipinski definition) is 1. The van der Waals surface area contributed by atoms with Crippen LogP contribution in [-0.2, 0) is 11.3 Å². The van der Waals surface area contributed by atoms with E-state index in [1.54, 1.807) is 4.90 Å². The van der Waals surface area contributed by atoms with E-state index in [2.05, 4.69) is 0 Å². The van der Waals surface area contributed by atoms with E-state index in [1.807, 2.05) is 30.3 Å². The normalized spacial score (nSPS) is 21.0. The Labute approximate surface area is 146 Å². The van der Waals surface area contributed by atoms with Crippen molar-refractivity contribution in [3.8, 4) is 0 Å². The van der Waals surface area contributed by atoms with Gasteiger partial charge in [0.15, 0.2) is 0 Å². The number of carbonyl (C=O) groups excluding carboxylic acids is 1. The molecule has 1 aromatic rings. The third-order valence-electron chi connectivity index (χ3n) is 4.41. The first-order valence-corrected chi connectivity index (χ1v) is 8.01. The van der Waals surface area contributed by atoms with Gasteiger partial charge in [-0.25, -0.2) is 0 Å². The number of benzene rings is 1. The summed E-state index contributed by atoms with van der Waals surface area (Å²) >= 11 is 0. The molecule has 1 saturated carbocycles. The summed E-state index contributed by atoms with van der Waals surface area (Å²) in [6, 6.07) is 9.43. The van der Waals surface area contributed by atoms with E-state index in [9.17, 15) is 18.0 Å². The van der Waals surface area contributed by atoms with E-state index in [0.29, 0.717) is 32.5 Å². The fraction of sp³-hybridized carbons (Fsp3) is 0.588. The molecule has 0 saturated heterocycles. The van der Waals surface area contributed by atoms with Gasteiger partial charge in [0.1, 0.15) is 0 Å². The lowest BCUT2D eigenvalue weighted by Gasteiger charge is -2.33. The molecule has 2 unspecified atom stereocenters. The Morgan fingerprint density at radius 1 is 1.21 bits per heavy atom. The number of hydrogen-bond acceptors (Lipinski definition) is 2. The zero-order chi connectivity index (χ0) is 16.9. The number of rotatable bonds is 5. The van der Waals surface area contributed by atoms with Crippen LogP contribution < -0.4 is 5.73 Å². The molecule has 2 rings (SSSR count). The molecule has 0 bridgehead atoms. The molecule has 3 nitrogen and oxygen atoms in total. The molecular weight excluding hydrogens is 341 g/mol. The summed E-state index contributed by atoms with van der Waals surface area (Å²) in [7, 11) is 0. The first-order chi connectivity index (χ1) is 10.9. The van der Waals surface area contributed by atoms with Gasteiger partial charge >= 0.3 is 6.18 Å². The Kier molecular flexibility index (Phi) is 8.03. The van der Waals surface area contributed by atoms with Crippen LogP contribution in [0.15, 0.2) is 30.3 Å². The third kappa shape index (κ3) is 5.67. The third-order valence-corrected chi connectivity index (χ3v) is 4.41. The maximum absolute atomic E-state index is 12.9. The van der Waals surface area contributed by atoms with Gasteiger partial charge in [-0.3, -0.25) is 4.79 Å². The van der Waals surface area contributed by atoms with E-state index >= 15 is 0 Å². The smallest absolute Gasteiger partial charge is 0.337 e.